The molecule has 1 aliphatic carbocycles. The number of amides is 1. The molecule has 0 aliphatic heterocycles. The summed E-state index contributed by atoms with van der Waals surface area (Å²) in [5, 5.41) is 4.10. The first-order valence-corrected chi connectivity index (χ1v) is 9.60. The number of carbonyl (C=O) groups is 1. The van der Waals surface area contributed by atoms with Crippen LogP contribution in [-0.2, 0) is 0 Å². The predicted molar refractivity (Wildman–Crippen MR) is 103 cm³/mol. The molecule has 1 amide bonds. The van der Waals surface area contributed by atoms with Gasteiger partial charge in [-0.15, -0.1) is 0 Å². The van der Waals surface area contributed by atoms with Crippen LogP contribution in [0.3, 0.4) is 0 Å². The SMILES string of the molecule is O=C(NC1CCC(Oc2ccc(Cl)cn2)CC1)c1cc(Br)ccc1Cl. The van der Waals surface area contributed by atoms with Gasteiger partial charge in [-0.2, -0.15) is 0 Å². The highest BCUT2D eigenvalue weighted by molar-refractivity contribution is 9.10. The number of benzene rings is 1. The van der Waals surface area contributed by atoms with Gasteiger partial charge in [0.25, 0.3) is 5.91 Å². The summed E-state index contributed by atoms with van der Waals surface area (Å²) in [6, 6.07) is 8.92. The number of aromatic nitrogens is 1. The van der Waals surface area contributed by atoms with Crippen molar-refractivity contribution in [3.05, 3.63) is 56.6 Å². The van der Waals surface area contributed by atoms with Crippen molar-refractivity contribution in [3.8, 4) is 5.88 Å². The molecule has 3 rings (SSSR count). The second-order valence-electron chi connectivity index (χ2n) is 6.00. The van der Waals surface area contributed by atoms with Crippen molar-refractivity contribution in [2.24, 2.45) is 0 Å². The minimum Gasteiger partial charge on any atom is -0.474 e. The number of halogens is 3. The molecule has 25 heavy (non-hydrogen) atoms. The van der Waals surface area contributed by atoms with E-state index in [1.54, 1.807) is 30.5 Å². The summed E-state index contributed by atoms with van der Waals surface area (Å²) in [5.41, 5.74) is 0.486. The first-order chi connectivity index (χ1) is 12.0. The standard InChI is InChI=1S/C18H17BrCl2N2O2/c19-11-1-7-16(21)15(9-11)18(24)23-13-3-5-14(6-4-13)25-17-8-2-12(20)10-22-17/h1-2,7-10,13-14H,3-6H2,(H,23,24). The molecule has 2 aromatic rings. The van der Waals surface area contributed by atoms with Gasteiger partial charge in [0.05, 0.1) is 15.6 Å². The van der Waals surface area contributed by atoms with E-state index in [0.29, 0.717) is 21.5 Å². The first-order valence-electron chi connectivity index (χ1n) is 8.05. The monoisotopic (exact) mass is 442 g/mol. The number of nitrogens with zero attached hydrogens (tertiary/aromatic N) is 1. The fraction of sp³-hybridized carbons (Fsp3) is 0.333. The molecule has 0 spiro atoms. The van der Waals surface area contributed by atoms with Gasteiger partial charge in [-0.25, -0.2) is 4.98 Å². The lowest BCUT2D eigenvalue weighted by Gasteiger charge is -2.29. The lowest BCUT2D eigenvalue weighted by atomic mass is 9.92. The number of rotatable bonds is 4. The van der Waals surface area contributed by atoms with E-state index in [9.17, 15) is 4.79 Å². The Morgan fingerprint density at radius 1 is 1.16 bits per heavy atom. The number of hydrogen-bond donors (Lipinski definition) is 1. The van der Waals surface area contributed by atoms with Gasteiger partial charge in [0, 0.05) is 22.8 Å². The van der Waals surface area contributed by atoms with Crippen LogP contribution in [-0.4, -0.2) is 23.0 Å². The minimum atomic E-state index is -0.143. The van der Waals surface area contributed by atoms with Crippen LogP contribution in [0.25, 0.3) is 0 Å². The molecule has 0 radical (unpaired) electrons. The zero-order valence-electron chi connectivity index (χ0n) is 13.3. The zero-order valence-corrected chi connectivity index (χ0v) is 16.4. The molecule has 7 heteroatoms. The van der Waals surface area contributed by atoms with Crippen molar-refractivity contribution in [1.82, 2.24) is 10.3 Å². The molecule has 0 saturated heterocycles. The molecule has 1 N–H and O–H groups in total. The molecule has 132 valence electrons. The highest BCUT2D eigenvalue weighted by Gasteiger charge is 2.24. The Hall–Kier alpha value is -1.30. The Morgan fingerprint density at radius 2 is 1.92 bits per heavy atom. The predicted octanol–water partition coefficient (Wildman–Crippen LogP) is 5.27. The van der Waals surface area contributed by atoms with E-state index in [4.69, 9.17) is 27.9 Å². The van der Waals surface area contributed by atoms with E-state index in [1.165, 1.54) is 0 Å². The van der Waals surface area contributed by atoms with Gasteiger partial charge in [0.15, 0.2) is 0 Å². The van der Waals surface area contributed by atoms with Crippen molar-refractivity contribution in [2.75, 3.05) is 0 Å². The van der Waals surface area contributed by atoms with Crippen LogP contribution < -0.4 is 10.1 Å². The van der Waals surface area contributed by atoms with Crippen LogP contribution in [0.2, 0.25) is 10.0 Å². The summed E-state index contributed by atoms with van der Waals surface area (Å²) in [6.07, 6.45) is 5.12. The third-order valence-electron chi connectivity index (χ3n) is 4.17. The fourth-order valence-electron chi connectivity index (χ4n) is 2.86. The summed E-state index contributed by atoms with van der Waals surface area (Å²) in [7, 11) is 0. The van der Waals surface area contributed by atoms with Crippen molar-refractivity contribution in [3.63, 3.8) is 0 Å². The third kappa shape index (κ3) is 5.09. The van der Waals surface area contributed by atoms with Gasteiger partial charge in [-0.05, 0) is 49.9 Å². The smallest absolute Gasteiger partial charge is 0.253 e. The van der Waals surface area contributed by atoms with Crippen molar-refractivity contribution in [1.29, 1.82) is 0 Å². The summed E-state index contributed by atoms with van der Waals surface area (Å²) in [6.45, 7) is 0. The van der Waals surface area contributed by atoms with Crippen LogP contribution in [0.15, 0.2) is 41.0 Å². The number of carbonyl (C=O) groups excluding carboxylic acids is 1. The van der Waals surface area contributed by atoms with Crippen LogP contribution in [0.5, 0.6) is 5.88 Å². The maximum atomic E-state index is 12.4. The second kappa shape index (κ2) is 8.39. The Bertz CT molecular complexity index is 747. The van der Waals surface area contributed by atoms with Crippen LogP contribution in [0, 0.1) is 0 Å². The molecule has 1 saturated carbocycles. The fourth-order valence-corrected chi connectivity index (χ4v) is 3.54. The van der Waals surface area contributed by atoms with E-state index < -0.39 is 0 Å². The minimum absolute atomic E-state index is 0.108. The van der Waals surface area contributed by atoms with Crippen LogP contribution >= 0.6 is 39.1 Å². The van der Waals surface area contributed by atoms with Crippen molar-refractivity contribution >= 4 is 45.0 Å². The average Bonchev–Trinajstić information content (AvgIpc) is 2.60. The van der Waals surface area contributed by atoms with Gasteiger partial charge in [0.1, 0.15) is 6.10 Å². The molecule has 0 bridgehead atoms. The normalized spacial score (nSPS) is 20.1. The lowest BCUT2D eigenvalue weighted by Crippen LogP contribution is -2.39. The van der Waals surface area contributed by atoms with Gasteiger partial charge >= 0.3 is 0 Å². The highest BCUT2D eigenvalue weighted by Crippen LogP contribution is 2.25. The molecular weight excluding hydrogens is 427 g/mol. The van der Waals surface area contributed by atoms with Gasteiger partial charge in [-0.1, -0.05) is 39.1 Å². The van der Waals surface area contributed by atoms with Crippen LogP contribution in [0.4, 0.5) is 0 Å². The largest absolute Gasteiger partial charge is 0.474 e. The second-order valence-corrected chi connectivity index (χ2v) is 7.76. The molecule has 0 unspecified atom stereocenters. The summed E-state index contributed by atoms with van der Waals surface area (Å²) in [4.78, 5) is 16.6. The van der Waals surface area contributed by atoms with E-state index in [1.807, 2.05) is 6.07 Å². The van der Waals surface area contributed by atoms with E-state index in [0.717, 1.165) is 30.2 Å². The quantitative estimate of drug-likeness (QED) is 0.699. The maximum absolute atomic E-state index is 12.4. The molecule has 1 aromatic carbocycles. The van der Waals surface area contributed by atoms with E-state index in [2.05, 4.69) is 26.2 Å². The molecule has 0 atom stereocenters. The van der Waals surface area contributed by atoms with Crippen LogP contribution in [0.1, 0.15) is 36.0 Å². The van der Waals surface area contributed by atoms with E-state index >= 15 is 0 Å². The average molecular weight is 444 g/mol. The third-order valence-corrected chi connectivity index (χ3v) is 5.22. The Kier molecular flexibility index (Phi) is 6.20. The molecule has 1 heterocycles. The topological polar surface area (TPSA) is 51.2 Å². The van der Waals surface area contributed by atoms with Crippen molar-refractivity contribution < 1.29 is 9.53 Å². The van der Waals surface area contributed by atoms with E-state index in [-0.39, 0.29) is 18.1 Å². The van der Waals surface area contributed by atoms with Gasteiger partial charge in [0.2, 0.25) is 5.88 Å². The molecule has 1 aliphatic rings. The lowest BCUT2D eigenvalue weighted by molar-refractivity contribution is 0.0890. The van der Waals surface area contributed by atoms with Crippen molar-refractivity contribution in [2.45, 2.75) is 37.8 Å². The first kappa shape index (κ1) is 18.5. The Morgan fingerprint density at radius 3 is 2.60 bits per heavy atom. The maximum Gasteiger partial charge on any atom is 0.253 e. The summed E-state index contributed by atoms with van der Waals surface area (Å²) < 4.78 is 6.70. The molecular formula is C18H17BrCl2N2O2. The number of hydrogen-bond acceptors (Lipinski definition) is 3. The Labute approximate surface area is 165 Å². The highest BCUT2D eigenvalue weighted by atomic mass is 79.9. The molecule has 1 aromatic heterocycles. The van der Waals surface area contributed by atoms with Gasteiger partial charge in [-0.3, -0.25) is 4.79 Å². The van der Waals surface area contributed by atoms with Gasteiger partial charge < -0.3 is 10.1 Å². The molecule has 4 nitrogen and oxygen atoms in total. The number of nitrogens with one attached hydrogen (secondary N) is 1. The zero-order chi connectivity index (χ0) is 17.8. The number of pyridine rings is 1. The summed E-state index contributed by atoms with van der Waals surface area (Å²) in [5.74, 6) is 0.438. The summed E-state index contributed by atoms with van der Waals surface area (Å²) >= 11 is 15.3. The molecule has 1 fully saturated rings. The number of ether oxygens (including phenoxy) is 1. The Balaban J connectivity index is 1.51.